The van der Waals surface area contributed by atoms with E-state index in [4.69, 9.17) is 4.74 Å². The number of ether oxygens (including phenoxy) is 1. The SMILES string of the molecule is CC(F)(F)CCCCCNC(=O)OC1CCCCC1. The van der Waals surface area contributed by atoms with Crippen LogP contribution in [0.1, 0.15) is 64.7 Å². The monoisotopic (exact) mass is 277 g/mol. The lowest BCUT2D eigenvalue weighted by Gasteiger charge is -2.21. The molecule has 1 saturated carbocycles. The van der Waals surface area contributed by atoms with Gasteiger partial charge in [0.25, 0.3) is 0 Å². The first-order chi connectivity index (χ1) is 8.97. The second-order valence-electron chi connectivity index (χ2n) is 5.47. The maximum atomic E-state index is 12.5. The summed E-state index contributed by atoms with van der Waals surface area (Å²) in [7, 11) is 0. The molecule has 0 aliphatic heterocycles. The molecule has 0 bridgehead atoms. The highest BCUT2D eigenvalue weighted by atomic mass is 19.3. The number of hydrogen-bond acceptors (Lipinski definition) is 2. The average molecular weight is 277 g/mol. The molecule has 0 radical (unpaired) electrons. The predicted molar refractivity (Wildman–Crippen MR) is 70.4 cm³/mol. The van der Waals surface area contributed by atoms with Crippen LogP contribution in [0.3, 0.4) is 0 Å². The summed E-state index contributed by atoms with van der Waals surface area (Å²) in [5.41, 5.74) is 0. The van der Waals surface area contributed by atoms with Crippen molar-refractivity contribution >= 4 is 6.09 Å². The lowest BCUT2D eigenvalue weighted by Crippen LogP contribution is -2.30. The molecule has 1 fully saturated rings. The minimum absolute atomic E-state index is 0.0625. The van der Waals surface area contributed by atoms with Crippen molar-refractivity contribution in [3.63, 3.8) is 0 Å². The third kappa shape index (κ3) is 8.78. The minimum atomic E-state index is -2.58. The fraction of sp³-hybridized carbons (Fsp3) is 0.929. The van der Waals surface area contributed by atoms with Crippen molar-refractivity contribution in [2.24, 2.45) is 0 Å². The van der Waals surface area contributed by atoms with Crippen LogP contribution in [0.4, 0.5) is 13.6 Å². The Bertz CT molecular complexity index is 261. The maximum Gasteiger partial charge on any atom is 0.407 e. The van der Waals surface area contributed by atoms with Crippen molar-refractivity contribution in [3.05, 3.63) is 0 Å². The smallest absolute Gasteiger partial charge is 0.407 e. The zero-order valence-corrected chi connectivity index (χ0v) is 11.7. The summed E-state index contributed by atoms with van der Waals surface area (Å²) in [6.45, 7) is 1.44. The van der Waals surface area contributed by atoms with E-state index in [-0.39, 0.29) is 18.6 Å². The van der Waals surface area contributed by atoms with Gasteiger partial charge in [0, 0.05) is 13.0 Å². The van der Waals surface area contributed by atoms with E-state index in [9.17, 15) is 13.6 Å². The third-order valence-electron chi connectivity index (χ3n) is 3.39. The summed E-state index contributed by atoms with van der Waals surface area (Å²) >= 11 is 0. The molecule has 0 saturated heterocycles. The molecule has 0 atom stereocenters. The Kier molecular flexibility index (Phi) is 7.10. The average Bonchev–Trinajstić information content (AvgIpc) is 2.33. The number of rotatable bonds is 7. The van der Waals surface area contributed by atoms with E-state index in [1.807, 2.05) is 0 Å². The summed E-state index contributed by atoms with van der Waals surface area (Å²) in [6, 6.07) is 0. The number of hydrogen-bond donors (Lipinski definition) is 1. The first-order valence-electron chi connectivity index (χ1n) is 7.30. The minimum Gasteiger partial charge on any atom is -0.446 e. The van der Waals surface area contributed by atoms with E-state index < -0.39 is 5.92 Å². The van der Waals surface area contributed by atoms with Gasteiger partial charge in [-0.05, 0) is 45.4 Å². The van der Waals surface area contributed by atoms with Crippen LogP contribution in [0, 0.1) is 0 Å². The Morgan fingerprint density at radius 3 is 2.53 bits per heavy atom. The molecule has 19 heavy (non-hydrogen) atoms. The number of amides is 1. The molecule has 0 heterocycles. The molecule has 1 rings (SSSR count). The Labute approximate surface area is 114 Å². The second-order valence-corrected chi connectivity index (χ2v) is 5.47. The molecule has 0 aromatic rings. The molecule has 5 heteroatoms. The van der Waals surface area contributed by atoms with Crippen molar-refractivity contribution < 1.29 is 18.3 Å². The van der Waals surface area contributed by atoms with Gasteiger partial charge < -0.3 is 10.1 Å². The van der Waals surface area contributed by atoms with E-state index in [1.165, 1.54) is 6.42 Å². The number of alkyl carbamates (subject to hydrolysis) is 1. The highest BCUT2D eigenvalue weighted by Crippen LogP contribution is 2.21. The van der Waals surface area contributed by atoms with E-state index in [0.717, 1.165) is 39.0 Å². The Balaban J connectivity index is 1.95. The normalized spacial score (nSPS) is 17.2. The van der Waals surface area contributed by atoms with Crippen molar-refractivity contribution in [1.29, 1.82) is 0 Å². The number of carbonyl (C=O) groups is 1. The van der Waals surface area contributed by atoms with Gasteiger partial charge in [-0.1, -0.05) is 12.8 Å². The van der Waals surface area contributed by atoms with Crippen LogP contribution in [0.15, 0.2) is 0 Å². The van der Waals surface area contributed by atoms with E-state index in [0.29, 0.717) is 19.4 Å². The van der Waals surface area contributed by atoms with Gasteiger partial charge in [-0.2, -0.15) is 0 Å². The van der Waals surface area contributed by atoms with E-state index in [2.05, 4.69) is 5.32 Å². The Morgan fingerprint density at radius 1 is 1.21 bits per heavy atom. The molecule has 0 aromatic carbocycles. The summed E-state index contributed by atoms with van der Waals surface area (Å²) in [5, 5.41) is 2.68. The highest BCUT2D eigenvalue weighted by Gasteiger charge is 2.19. The van der Waals surface area contributed by atoms with Crippen LogP contribution in [-0.2, 0) is 4.74 Å². The molecule has 0 spiro atoms. The van der Waals surface area contributed by atoms with Crippen molar-refractivity contribution in [3.8, 4) is 0 Å². The van der Waals surface area contributed by atoms with Gasteiger partial charge in [0.15, 0.2) is 0 Å². The lowest BCUT2D eigenvalue weighted by molar-refractivity contribution is 0.0103. The molecule has 0 unspecified atom stereocenters. The van der Waals surface area contributed by atoms with Gasteiger partial charge in [0.2, 0.25) is 5.92 Å². The summed E-state index contributed by atoms with van der Waals surface area (Å²) in [5.74, 6) is -2.58. The van der Waals surface area contributed by atoms with Crippen molar-refractivity contribution in [2.75, 3.05) is 6.54 Å². The first kappa shape index (κ1) is 16.2. The summed E-state index contributed by atoms with van der Waals surface area (Å²) < 4.78 is 30.3. The van der Waals surface area contributed by atoms with Gasteiger partial charge >= 0.3 is 6.09 Å². The van der Waals surface area contributed by atoms with Crippen molar-refractivity contribution in [1.82, 2.24) is 5.32 Å². The Morgan fingerprint density at radius 2 is 1.89 bits per heavy atom. The first-order valence-corrected chi connectivity index (χ1v) is 7.30. The number of halogens is 2. The zero-order valence-electron chi connectivity index (χ0n) is 11.7. The quantitative estimate of drug-likeness (QED) is 0.706. The van der Waals surface area contributed by atoms with Crippen molar-refractivity contribution in [2.45, 2.75) is 76.7 Å². The highest BCUT2D eigenvalue weighted by molar-refractivity contribution is 5.67. The molecular weight excluding hydrogens is 252 g/mol. The van der Waals surface area contributed by atoms with Crippen LogP contribution in [0.5, 0.6) is 0 Å². The van der Waals surface area contributed by atoms with Gasteiger partial charge in [-0.3, -0.25) is 0 Å². The molecular formula is C14H25F2NO2. The standard InChI is InChI=1S/C14H25F2NO2/c1-14(15,16)10-6-3-7-11-17-13(18)19-12-8-4-2-5-9-12/h12H,2-11H2,1H3,(H,17,18). The lowest BCUT2D eigenvalue weighted by atomic mass is 9.98. The molecule has 1 N–H and O–H groups in total. The molecule has 3 nitrogen and oxygen atoms in total. The van der Waals surface area contributed by atoms with E-state index in [1.54, 1.807) is 0 Å². The third-order valence-corrected chi connectivity index (χ3v) is 3.39. The second kappa shape index (κ2) is 8.33. The number of nitrogens with one attached hydrogen (secondary N) is 1. The molecule has 0 aromatic heterocycles. The molecule has 1 aliphatic rings. The molecule has 1 amide bonds. The van der Waals surface area contributed by atoms with Crippen LogP contribution in [0.2, 0.25) is 0 Å². The maximum absolute atomic E-state index is 12.5. The fourth-order valence-corrected chi connectivity index (χ4v) is 2.30. The number of carbonyl (C=O) groups excluding carboxylic acids is 1. The molecule has 112 valence electrons. The number of alkyl halides is 2. The van der Waals surface area contributed by atoms with Gasteiger partial charge in [0.05, 0.1) is 0 Å². The topological polar surface area (TPSA) is 38.3 Å². The summed E-state index contributed by atoms with van der Waals surface area (Å²) in [4.78, 5) is 11.4. The van der Waals surface area contributed by atoms with Gasteiger partial charge in [0.1, 0.15) is 6.10 Å². The van der Waals surface area contributed by atoms with Crippen LogP contribution in [0.25, 0.3) is 0 Å². The predicted octanol–water partition coefficient (Wildman–Crippen LogP) is 4.26. The van der Waals surface area contributed by atoms with Gasteiger partial charge in [-0.25, -0.2) is 13.6 Å². The van der Waals surface area contributed by atoms with Gasteiger partial charge in [-0.15, -0.1) is 0 Å². The van der Waals surface area contributed by atoms with Crippen LogP contribution < -0.4 is 5.32 Å². The number of unbranched alkanes of at least 4 members (excludes halogenated alkanes) is 2. The Hall–Kier alpha value is -0.870. The zero-order chi connectivity index (χ0) is 14.1. The van der Waals surface area contributed by atoms with E-state index >= 15 is 0 Å². The fourth-order valence-electron chi connectivity index (χ4n) is 2.30. The summed E-state index contributed by atoms with van der Waals surface area (Å²) in [6.07, 6.45) is 6.92. The largest absolute Gasteiger partial charge is 0.446 e. The van der Waals surface area contributed by atoms with Crippen LogP contribution in [-0.4, -0.2) is 24.7 Å². The van der Waals surface area contributed by atoms with Crippen LogP contribution >= 0.6 is 0 Å². The molecule has 1 aliphatic carbocycles.